The largest absolute Gasteiger partial charge is 0.370 e. The molecule has 1 aliphatic rings. The lowest BCUT2D eigenvalue weighted by Gasteiger charge is -2.25. The molecule has 0 fully saturated rings. The van der Waals surface area contributed by atoms with Gasteiger partial charge in [0.15, 0.2) is 0 Å². The molecule has 0 aromatic carbocycles. The first kappa shape index (κ1) is 12.3. The highest BCUT2D eigenvalue weighted by atomic mass is 15.4. The van der Waals surface area contributed by atoms with Gasteiger partial charge in [-0.3, -0.25) is 4.68 Å². The highest BCUT2D eigenvalue weighted by molar-refractivity contribution is 5.40. The molecular formula is C14H21N5. The van der Waals surface area contributed by atoms with Crippen molar-refractivity contribution in [2.24, 2.45) is 7.05 Å². The summed E-state index contributed by atoms with van der Waals surface area (Å²) in [6, 6.07) is 4.59. The summed E-state index contributed by atoms with van der Waals surface area (Å²) in [6.07, 6.45) is 6.39. The summed E-state index contributed by atoms with van der Waals surface area (Å²) in [7, 11) is 2.00. The Balaban J connectivity index is 1.91. The van der Waals surface area contributed by atoms with E-state index in [1.807, 2.05) is 17.9 Å². The number of hydrogen-bond donors (Lipinski definition) is 1. The van der Waals surface area contributed by atoms with Crippen LogP contribution in [0.1, 0.15) is 43.6 Å². The Labute approximate surface area is 113 Å². The van der Waals surface area contributed by atoms with E-state index in [1.54, 1.807) is 0 Å². The van der Waals surface area contributed by atoms with Crippen LogP contribution in [0.2, 0.25) is 0 Å². The Hall–Kier alpha value is -1.78. The van der Waals surface area contributed by atoms with Crippen LogP contribution in [-0.4, -0.2) is 26.1 Å². The van der Waals surface area contributed by atoms with Gasteiger partial charge in [-0.05, 0) is 25.3 Å². The Morgan fingerprint density at radius 3 is 3.11 bits per heavy atom. The lowest BCUT2D eigenvalue weighted by atomic mass is 10.1. The van der Waals surface area contributed by atoms with Crippen molar-refractivity contribution in [3.63, 3.8) is 0 Å². The number of nitrogens with one attached hydrogen (secondary N) is 1. The number of rotatable bonds is 4. The molecule has 0 saturated heterocycles. The van der Waals surface area contributed by atoms with E-state index in [2.05, 4.69) is 34.2 Å². The molecule has 0 aliphatic carbocycles. The van der Waals surface area contributed by atoms with E-state index in [0.717, 1.165) is 25.2 Å². The third kappa shape index (κ3) is 2.25. The van der Waals surface area contributed by atoms with Crippen LogP contribution in [-0.2, 0) is 13.5 Å². The lowest BCUT2D eigenvalue weighted by molar-refractivity contribution is 0.449. The van der Waals surface area contributed by atoms with E-state index in [0.29, 0.717) is 6.04 Å². The monoisotopic (exact) mass is 259 g/mol. The molecule has 3 heterocycles. The van der Waals surface area contributed by atoms with Gasteiger partial charge in [-0.1, -0.05) is 13.3 Å². The summed E-state index contributed by atoms with van der Waals surface area (Å²) in [5, 5.41) is 12.5. The van der Waals surface area contributed by atoms with Crippen LogP contribution >= 0.6 is 0 Å². The highest BCUT2D eigenvalue weighted by Crippen LogP contribution is 2.29. The maximum Gasteiger partial charge on any atom is 0.125 e. The van der Waals surface area contributed by atoms with Crippen molar-refractivity contribution >= 4 is 5.82 Å². The zero-order valence-electron chi connectivity index (χ0n) is 11.6. The molecule has 102 valence electrons. The second kappa shape index (κ2) is 5.07. The zero-order valence-corrected chi connectivity index (χ0v) is 11.6. The van der Waals surface area contributed by atoms with Gasteiger partial charge in [-0.25, -0.2) is 4.68 Å². The number of nitrogens with zero attached hydrogens (tertiary/aromatic N) is 4. The van der Waals surface area contributed by atoms with Crippen LogP contribution in [0.15, 0.2) is 18.3 Å². The van der Waals surface area contributed by atoms with Gasteiger partial charge >= 0.3 is 0 Å². The molecule has 5 heteroatoms. The molecule has 0 bridgehead atoms. The molecular weight excluding hydrogens is 238 g/mol. The van der Waals surface area contributed by atoms with E-state index >= 15 is 0 Å². The van der Waals surface area contributed by atoms with Gasteiger partial charge in [0.25, 0.3) is 0 Å². The van der Waals surface area contributed by atoms with Crippen molar-refractivity contribution in [3.05, 3.63) is 29.7 Å². The Morgan fingerprint density at radius 2 is 2.37 bits per heavy atom. The van der Waals surface area contributed by atoms with Gasteiger partial charge in [0.05, 0.1) is 17.4 Å². The average molecular weight is 259 g/mol. The van der Waals surface area contributed by atoms with Crippen LogP contribution in [0.25, 0.3) is 0 Å². The van der Waals surface area contributed by atoms with Crippen LogP contribution < -0.4 is 5.32 Å². The Bertz CT molecular complexity index is 554. The molecule has 0 amide bonds. The summed E-state index contributed by atoms with van der Waals surface area (Å²) in [5.41, 5.74) is 2.42. The standard InChI is InChI=1S/C14H21N5/c1-3-4-5-11-10-14-15-8-6-13(19(14)17-11)12-7-9-16-18(12)2/h7,9-10,13,15H,3-6,8H2,1-2H3. The zero-order chi connectivity index (χ0) is 13.2. The number of unbranched alkanes of at least 4 members (excludes halogenated alkanes) is 1. The number of anilines is 1. The molecule has 2 aromatic heterocycles. The second-order valence-electron chi connectivity index (χ2n) is 5.18. The minimum absolute atomic E-state index is 0.305. The van der Waals surface area contributed by atoms with Crippen LogP contribution in [0, 0.1) is 0 Å². The van der Waals surface area contributed by atoms with Crippen molar-refractivity contribution in [3.8, 4) is 0 Å². The second-order valence-corrected chi connectivity index (χ2v) is 5.18. The van der Waals surface area contributed by atoms with E-state index < -0.39 is 0 Å². The number of aromatic nitrogens is 4. The maximum atomic E-state index is 4.78. The number of hydrogen-bond acceptors (Lipinski definition) is 3. The molecule has 19 heavy (non-hydrogen) atoms. The summed E-state index contributed by atoms with van der Waals surface area (Å²) in [5.74, 6) is 1.14. The minimum atomic E-state index is 0.305. The first-order valence-electron chi connectivity index (χ1n) is 7.09. The normalized spacial score (nSPS) is 18.1. The molecule has 0 saturated carbocycles. The molecule has 0 spiro atoms. The maximum absolute atomic E-state index is 4.78. The molecule has 0 radical (unpaired) electrons. The third-order valence-corrected chi connectivity index (χ3v) is 3.79. The molecule has 2 aromatic rings. The van der Waals surface area contributed by atoms with Gasteiger partial charge in [0.1, 0.15) is 5.82 Å². The van der Waals surface area contributed by atoms with Gasteiger partial charge in [-0.15, -0.1) is 0 Å². The van der Waals surface area contributed by atoms with Gasteiger partial charge < -0.3 is 5.32 Å². The predicted molar refractivity (Wildman–Crippen MR) is 75.3 cm³/mol. The fraction of sp³-hybridized carbons (Fsp3) is 0.571. The summed E-state index contributed by atoms with van der Waals surface area (Å²) in [6.45, 7) is 3.21. The summed E-state index contributed by atoms with van der Waals surface area (Å²) >= 11 is 0. The van der Waals surface area contributed by atoms with Crippen LogP contribution in [0.5, 0.6) is 0 Å². The first-order valence-corrected chi connectivity index (χ1v) is 7.09. The van der Waals surface area contributed by atoms with Crippen molar-refractivity contribution in [1.29, 1.82) is 0 Å². The summed E-state index contributed by atoms with van der Waals surface area (Å²) < 4.78 is 4.08. The Kier molecular flexibility index (Phi) is 3.27. The highest BCUT2D eigenvalue weighted by Gasteiger charge is 2.24. The SMILES string of the molecule is CCCCc1cc2n(n1)C(c1ccnn1C)CCN2. The fourth-order valence-electron chi connectivity index (χ4n) is 2.74. The van der Waals surface area contributed by atoms with Gasteiger partial charge in [-0.2, -0.15) is 10.2 Å². The number of aryl methyl sites for hydroxylation is 2. The van der Waals surface area contributed by atoms with E-state index in [-0.39, 0.29) is 0 Å². The third-order valence-electron chi connectivity index (χ3n) is 3.79. The van der Waals surface area contributed by atoms with Crippen molar-refractivity contribution in [2.45, 2.75) is 38.6 Å². The fourth-order valence-corrected chi connectivity index (χ4v) is 2.74. The van der Waals surface area contributed by atoms with Crippen LogP contribution in [0.3, 0.4) is 0 Å². The molecule has 1 aliphatic heterocycles. The van der Waals surface area contributed by atoms with E-state index in [9.17, 15) is 0 Å². The lowest BCUT2D eigenvalue weighted by Crippen LogP contribution is -2.25. The van der Waals surface area contributed by atoms with Gasteiger partial charge in [0, 0.05) is 25.9 Å². The smallest absolute Gasteiger partial charge is 0.125 e. The molecule has 1 N–H and O–H groups in total. The summed E-state index contributed by atoms with van der Waals surface area (Å²) in [4.78, 5) is 0. The molecule has 3 rings (SSSR count). The molecule has 1 unspecified atom stereocenters. The first-order chi connectivity index (χ1) is 9.29. The predicted octanol–water partition coefficient (Wildman–Crippen LogP) is 2.36. The topological polar surface area (TPSA) is 47.7 Å². The van der Waals surface area contributed by atoms with Gasteiger partial charge in [0.2, 0.25) is 0 Å². The van der Waals surface area contributed by atoms with Crippen molar-refractivity contribution < 1.29 is 0 Å². The minimum Gasteiger partial charge on any atom is -0.370 e. The quantitative estimate of drug-likeness (QED) is 0.917. The molecule has 5 nitrogen and oxygen atoms in total. The number of fused-ring (bicyclic) bond motifs is 1. The van der Waals surface area contributed by atoms with E-state index in [4.69, 9.17) is 5.10 Å². The average Bonchev–Trinajstić information content (AvgIpc) is 3.01. The Morgan fingerprint density at radius 1 is 1.47 bits per heavy atom. The van der Waals surface area contributed by atoms with Crippen molar-refractivity contribution in [1.82, 2.24) is 19.6 Å². The molecule has 1 atom stereocenters. The van der Waals surface area contributed by atoms with Crippen LogP contribution in [0.4, 0.5) is 5.82 Å². The van der Waals surface area contributed by atoms with E-state index in [1.165, 1.54) is 24.2 Å². The van der Waals surface area contributed by atoms with Crippen molar-refractivity contribution in [2.75, 3.05) is 11.9 Å².